The Labute approximate surface area is 128 Å². The SMILES string of the molecule is CCOC(=O)/C=C1\[C@H]2OC(C)(C)O[C@H]2O[C@@H]1CSC(C)=O. The molecule has 2 aliphatic heterocycles. The van der Waals surface area contributed by atoms with Crippen LogP contribution in [0.1, 0.15) is 27.7 Å². The van der Waals surface area contributed by atoms with E-state index in [0.717, 1.165) is 11.8 Å². The highest BCUT2D eigenvalue weighted by Gasteiger charge is 2.51. The molecule has 7 heteroatoms. The van der Waals surface area contributed by atoms with Gasteiger partial charge in [0.05, 0.1) is 12.7 Å². The van der Waals surface area contributed by atoms with Crippen molar-refractivity contribution in [3.63, 3.8) is 0 Å². The standard InChI is InChI=1S/C14H20O6S/c1-5-17-11(16)6-9-10(7-21-8(2)15)18-13-12(9)19-14(3,4)20-13/h6,10,12-13H,5,7H2,1-4H3/b9-6-/t10-,12-,13-/m1/s1. The van der Waals surface area contributed by atoms with Gasteiger partial charge in [0.1, 0.15) is 6.10 Å². The van der Waals surface area contributed by atoms with Crippen molar-refractivity contribution in [3.8, 4) is 0 Å². The molecule has 2 saturated heterocycles. The van der Waals surface area contributed by atoms with Crippen molar-refractivity contribution in [2.24, 2.45) is 0 Å². The molecule has 21 heavy (non-hydrogen) atoms. The van der Waals surface area contributed by atoms with Crippen molar-refractivity contribution in [3.05, 3.63) is 11.6 Å². The maximum absolute atomic E-state index is 11.7. The number of ether oxygens (including phenoxy) is 4. The molecule has 118 valence electrons. The summed E-state index contributed by atoms with van der Waals surface area (Å²) in [5.74, 6) is -0.787. The Bertz CT molecular complexity index is 458. The fraction of sp³-hybridized carbons (Fsp3) is 0.714. The van der Waals surface area contributed by atoms with Crippen LogP contribution in [0.4, 0.5) is 0 Å². The molecular weight excluding hydrogens is 296 g/mol. The Morgan fingerprint density at radius 3 is 2.71 bits per heavy atom. The number of esters is 1. The van der Waals surface area contributed by atoms with Crippen molar-refractivity contribution in [2.45, 2.75) is 52.0 Å². The molecule has 2 fully saturated rings. The fourth-order valence-electron chi connectivity index (χ4n) is 2.30. The van der Waals surface area contributed by atoms with Crippen molar-refractivity contribution < 1.29 is 28.5 Å². The summed E-state index contributed by atoms with van der Waals surface area (Å²) in [6.07, 6.45) is -0.000740. The van der Waals surface area contributed by atoms with Gasteiger partial charge in [-0.15, -0.1) is 0 Å². The zero-order valence-electron chi connectivity index (χ0n) is 12.6. The molecule has 0 radical (unpaired) electrons. The molecule has 0 amide bonds. The summed E-state index contributed by atoms with van der Waals surface area (Å²) < 4.78 is 22.1. The highest BCUT2D eigenvalue weighted by Crippen LogP contribution is 2.41. The van der Waals surface area contributed by atoms with Gasteiger partial charge >= 0.3 is 5.97 Å². The minimum absolute atomic E-state index is 0.00619. The summed E-state index contributed by atoms with van der Waals surface area (Å²) in [5, 5.41) is -0.00619. The largest absolute Gasteiger partial charge is 0.463 e. The second-order valence-electron chi connectivity index (χ2n) is 5.25. The zero-order valence-corrected chi connectivity index (χ0v) is 13.4. The van der Waals surface area contributed by atoms with Crippen molar-refractivity contribution in [2.75, 3.05) is 12.4 Å². The third kappa shape index (κ3) is 4.06. The van der Waals surface area contributed by atoms with E-state index in [4.69, 9.17) is 18.9 Å². The van der Waals surface area contributed by atoms with Gasteiger partial charge in [-0.2, -0.15) is 0 Å². The van der Waals surface area contributed by atoms with E-state index in [1.807, 2.05) is 0 Å². The van der Waals surface area contributed by atoms with Gasteiger partial charge < -0.3 is 18.9 Å². The van der Waals surface area contributed by atoms with Crippen molar-refractivity contribution in [1.82, 2.24) is 0 Å². The predicted octanol–water partition coefficient (Wildman–Crippen LogP) is 1.63. The van der Waals surface area contributed by atoms with E-state index in [1.54, 1.807) is 20.8 Å². The monoisotopic (exact) mass is 316 g/mol. The van der Waals surface area contributed by atoms with E-state index < -0.39 is 30.3 Å². The number of hydrogen-bond acceptors (Lipinski definition) is 7. The molecule has 2 aliphatic rings. The number of fused-ring (bicyclic) bond motifs is 1. The Balaban J connectivity index is 2.15. The summed E-state index contributed by atoms with van der Waals surface area (Å²) in [5.41, 5.74) is 0.665. The number of carbonyl (C=O) groups excluding carboxylic acids is 2. The predicted molar refractivity (Wildman–Crippen MR) is 76.6 cm³/mol. The van der Waals surface area contributed by atoms with Crippen LogP contribution in [0, 0.1) is 0 Å². The topological polar surface area (TPSA) is 71.1 Å². The van der Waals surface area contributed by atoms with E-state index in [0.29, 0.717) is 17.9 Å². The quantitative estimate of drug-likeness (QED) is 0.576. The van der Waals surface area contributed by atoms with Gasteiger partial charge in [0.2, 0.25) is 0 Å². The van der Waals surface area contributed by atoms with Crippen molar-refractivity contribution in [1.29, 1.82) is 0 Å². The van der Waals surface area contributed by atoms with Crippen LogP contribution >= 0.6 is 11.8 Å². The fourth-order valence-corrected chi connectivity index (χ4v) is 2.96. The molecule has 0 aromatic rings. The molecule has 6 nitrogen and oxygen atoms in total. The van der Waals surface area contributed by atoms with E-state index >= 15 is 0 Å². The van der Waals surface area contributed by atoms with Crippen LogP contribution in [-0.4, -0.2) is 47.7 Å². The summed E-state index contributed by atoms with van der Waals surface area (Å²) in [7, 11) is 0. The number of rotatable bonds is 4. The average Bonchev–Trinajstić information content (AvgIpc) is 2.81. The Morgan fingerprint density at radius 2 is 2.10 bits per heavy atom. The number of thioether (sulfide) groups is 1. The molecule has 2 heterocycles. The average molecular weight is 316 g/mol. The van der Waals surface area contributed by atoms with Gasteiger partial charge in [-0.3, -0.25) is 4.79 Å². The molecule has 0 saturated carbocycles. The molecule has 0 aromatic carbocycles. The molecule has 0 aromatic heterocycles. The minimum Gasteiger partial charge on any atom is -0.463 e. The van der Waals surface area contributed by atoms with E-state index in [1.165, 1.54) is 13.0 Å². The van der Waals surface area contributed by atoms with Crippen LogP contribution < -0.4 is 0 Å². The molecule has 3 atom stereocenters. The first-order chi connectivity index (χ1) is 9.82. The molecule has 0 unspecified atom stereocenters. The summed E-state index contributed by atoms with van der Waals surface area (Å²) in [6.45, 7) is 7.11. The van der Waals surface area contributed by atoms with Gasteiger partial charge in [0.15, 0.2) is 17.2 Å². The maximum atomic E-state index is 11.7. The van der Waals surface area contributed by atoms with Crippen LogP contribution in [0.5, 0.6) is 0 Å². The molecule has 0 N–H and O–H groups in total. The van der Waals surface area contributed by atoms with Crippen LogP contribution in [0.15, 0.2) is 11.6 Å². The molecule has 2 rings (SSSR count). The van der Waals surface area contributed by atoms with Crippen LogP contribution in [0.25, 0.3) is 0 Å². The van der Waals surface area contributed by atoms with Crippen LogP contribution in [0.2, 0.25) is 0 Å². The van der Waals surface area contributed by atoms with Gasteiger partial charge in [0, 0.05) is 24.3 Å². The zero-order chi connectivity index (χ0) is 15.6. The van der Waals surface area contributed by atoms with Gasteiger partial charge in [-0.05, 0) is 20.8 Å². The van der Waals surface area contributed by atoms with Crippen LogP contribution in [0.3, 0.4) is 0 Å². The lowest BCUT2D eigenvalue weighted by Gasteiger charge is -2.21. The third-order valence-electron chi connectivity index (χ3n) is 3.07. The Hall–Kier alpha value is -0.890. The lowest BCUT2D eigenvalue weighted by atomic mass is 10.1. The van der Waals surface area contributed by atoms with Gasteiger partial charge in [0.25, 0.3) is 0 Å². The van der Waals surface area contributed by atoms with Crippen molar-refractivity contribution >= 4 is 22.8 Å². The lowest BCUT2D eigenvalue weighted by Crippen LogP contribution is -2.27. The smallest absolute Gasteiger partial charge is 0.330 e. The molecule has 0 spiro atoms. The first-order valence-electron chi connectivity index (χ1n) is 6.85. The minimum atomic E-state index is -0.762. The number of hydrogen-bond donors (Lipinski definition) is 0. The summed E-state index contributed by atoms with van der Waals surface area (Å²) in [6, 6.07) is 0. The van der Waals surface area contributed by atoms with E-state index in [2.05, 4.69) is 0 Å². The third-order valence-corrected chi connectivity index (χ3v) is 3.94. The second kappa shape index (κ2) is 6.48. The number of carbonyl (C=O) groups is 2. The van der Waals surface area contributed by atoms with Gasteiger partial charge in [-0.1, -0.05) is 11.8 Å². The normalized spacial score (nSPS) is 32.2. The highest BCUT2D eigenvalue weighted by molar-refractivity contribution is 8.13. The first kappa shape index (κ1) is 16.5. The lowest BCUT2D eigenvalue weighted by molar-refractivity contribution is -0.198. The van der Waals surface area contributed by atoms with Gasteiger partial charge in [-0.25, -0.2) is 4.79 Å². The molecule has 0 bridgehead atoms. The first-order valence-corrected chi connectivity index (χ1v) is 7.83. The van der Waals surface area contributed by atoms with E-state index in [-0.39, 0.29) is 5.12 Å². The summed E-state index contributed by atoms with van der Waals surface area (Å²) in [4.78, 5) is 22.8. The Kier molecular flexibility index (Phi) is 5.08. The summed E-state index contributed by atoms with van der Waals surface area (Å²) >= 11 is 1.14. The molecular formula is C14H20O6S. The highest BCUT2D eigenvalue weighted by atomic mass is 32.2. The molecule has 0 aliphatic carbocycles. The maximum Gasteiger partial charge on any atom is 0.330 e. The second-order valence-corrected chi connectivity index (χ2v) is 6.45. The van der Waals surface area contributed by atoms with E-state index in [9.17, 15) is 9.59 Å². The van der Waals surface area contributed by atoms with Crippen LogP contribution in [-0.2, 0) is 28.5 Å². The Morgan fingerprint density at radius 1 is 1.38 bits per heavy atom.